The lowest BCUT2D eigenvalue weighted by Crippen LogP contribution is -2.24. The van der Waals surface area contributed by atoms with Gasteiger partial charge in [-0.1, -0.05) is 39.0 Å². The van der Waals surface area contributed by atoms with Crippen molar-refractivity contribution in [2.24, 2.45) is 0 Å². The molecule has 3 nitrogen and oxygen atoms in total. The van der Waals surface area contributed by atoms with Gasteiger partial charge in [0.1, 0.15) is 11.6 Å². The molecule has 0 aliphatic heterocycles. The number of rotatable bonds is 8. The van der Waals surface area contributed by atoms with E-state index in [9.17, 15) is 14.3 Å². The molecule has 0 spiro atoms. The molecule has 1 aromatic carbocycles. The van der Waals surface area contributed by atoms with Gasteiger partial charge in [0.05, 0.1) is 5.56 Å². The largest absolute Gasteiger partial charge is 0.507 e. The Morgan fingerprint density at radius 2 is 1.89 bits per heavy atom. The van der Waals surface area contributed by atoms with Crippen LogP contribution in [0.15, 0.2) is 18.2 Å². The first-order valence-electron chi connectivity index (χ1n) is 6.92. The lowest BCUT2D eigenvalue weighted by molar-refractivity contribution is 0.0950. The highest BCUT2D eigenvalue weighted by Gasteiger charge is 2.10. The quantitative estimate of drug-likeness (QED) is 0.707. The van der Waals surface area contributed by atoms with Crippen LogP contribution in [0.1, 0.15) is 55.8 Å². The van der Waals surface area contributed by atoms with E-state index in [-0.39, 0.29) is 17.2 Å². The normalized spacial score (nSPS) is 10.4. The number of carbonyl (C=O) groups excluding carboxylic acids is 1. The maximum atomic E-state index is 12.8. The van der Waals surface area contributed by atoms with Crippen molar-refractivity contribution in [2.45, 2.75) is 45.4 Å². The third-order valence-corrected chi connectivity index (χ3v) is 3.02. The van der Waals surface area contributed by atoms with Crippen molar-refractivity contribution < 1.29 is 14.3 Å². The van der Waals surface area contributed by atoms with Gasteiger partial charge in [-0.05, 0) is 18.6 Å². The standard InChI is InChI=1S/C15H22FNO2/c1-2-3-4-5-6-7-10-17-15(19)13-9-8-12(16)11-14(13)18/h8-9,11,18H,2-7,10H2,1H3,(H,17,19). The smallest absolute Gasteiger partial charge is 0.255 e. The van der Waals surface area contributed by atoms with Crippen LogP contribution in [0.5, 0.6) is 5.75 Å². The summed E-state index contributed by atoms with van der Waals surface area (Å²) in [5.41, 5.74) is 0.118. The van der Waals surface area contributed by atoms with E-state index >= 15 is 0 Å². The molecule has 0 bridgehead atoms. The molecule has 19 heavy (non-hydrogen) atoms. The number of benzene rings is 1. The monoisotopic (exact) mass is 267 g/mol. The Bertz CT molecular complexity index is 407. The summed E-state index contributed by atoms with van der Waals surface area (Å²) in [4.78, 5) is 11.7. The third-order valence-electron chi connectivity index (χ3n) is 3.02. The van der Waals surface area contributed by atoms with E-state index in [1.807, 2.05) is 0 Å². The molecule has 0 aliphatic carbocycles. The zero-order valence-corrected chi connectivity index (χ0v) is 11.4. The molecule has 1 amide bonds. The van der Waals surface area contributed by atoms with Gasteiger partial charge < -0.3 is 10.4 Å². The van der Waals surface area contributed by atoms with E-state index in [1.165, 1.54) is 37.8 Å². The Hall–Kier alpha value is -1.58. The molecule has 0 heterocycles. The number of hydrogen-bond acceptors (Lipinski definition) is 2. The van der Waals surface area contributed by atoms with Crippen LogP contribution in [-0.2, 0) is 0 Å². The van der Waals surface area contributed by atoms with Crippen molar-refractivity contribution in [3.8, 4) is 5.75 Å². The first-order chi connectivity index (χ1) is 9.15. The highest BCUT2D eigenvalue weighted by atomic mass is 19.1. The summed E-state index contributed by atoms with van der Waals surface area (Å²) in [6.07, 6.45) is 6.93. The second-order valence-electron chi connectivity index (χ2n) is 4.69. The van der Waals surface area contributed by atoms with Crippen LogP contribution < -0.4 is 5.32 Å². The van der Waals surface area contributed by atoms with E-state index in [0.717, 1.165) is 18.9 Å². The Kier molecular flexibility index (Phi) is 6.93. The summed E-state index contributed by atoms with van der Waals surface area (Å²) < 4.78 is 12.8. The number of amides is 1. The van der Waals surface area contributed by atoms with Crippen molar-refractivity contribution in [1.82, 2.24) is 5.32 Å². The number of hydrogen-bond donors (Lipinski definition) is 2. The summed E-state index contributed by atoms with van der Waals surface area (Å²) in [5, 5.41) is 12.2. The number of carbonyl (C=O) groups is 1. The fraction of sp³-hybridized carbons (Fsp3) is 0.533. The van der Waals surface area contributed by atoms with Gasteiger partial charge >= 0.3 is 0 Å². The fourth-order valence-corrected chi connectivity index (χ4v) is 1.90. The highest BCUT2D eigenvalue weighted by Crippen LogP contribution is 2.17. The van der Waals surface area contributed by atoms with E-state index < -0.39 is 5.82 Å². The average Bonchev–Trinajstić information content (AvgIpc) is 2.37. The summed E-state index contributed by atoms with van der Waals surface area (Å²) in [7, 11) is 0. The molecule has 0 unspecified atom stereocenters. The summed E-state index contributed by atoms with van der Waals surface area (Å²) in [6, 6.07) is 3.40. The summed E-state index contributed by atoms with van der Waals surface area (Å²) in [6.45, 7) is 2.76. The third kappa shape index (κ3) is 5.73. The zero-order valence-electron chi connectivity index (χ0n) is 11.4. The fourth-order valence-electron chi connectivity index (χ4n) is 1.90. The molecule has 106 valence electrons. The molecular weight excluding hydrogens is 245 g/mol. The highest BCUT2D eigenvalue weighted by molar-refractivity contribution is 5.96. The van der Waals surface area contributed by atoms with E-state index in [0.29, 0.717) is 6.54 Å². The number of halogens is 1. The van der Waals surface area contributed by atoms with Crippen LogP contribution in [-0.4, -0.2) is 17.6 Å². The SMILES string of the molecule is CCCCCCCCNC(=O)c1ccc(F)cc1O. The van der Waals surface area contributed by atoms with Crippen LogP contribution >= 0.6 is 0 Å². The minimum atomic E-state index is -0.551. The maximum Gasteiger partial charge on any atom is 0.255 e. The Morgan fingerprint density at radius 3 is 2.58 bits per heavy atom. The molecule has 0 aliphatic rings. The molecule has 0 atom stereocenters. The van der Waals surface area contributed by atoms with Gasteiger partial charge in [0.25, 0.3) is 5.91 Å². The topological polar surface area (TPSA) is 49.3 Å². The van der Waals surface area contributed by atoms with Crippen LogP contribution in [0.2, 0.25) is 0 Å². The van der Waals surface area contributed by atoms with Crippen LogP contribution in [0, 0.1) is 5.82 Å². The molecule has 0 fully saturated rings. The van der Waals surface area contributed by atoms with Crippen molar-refractivity contribution in [1.29, 1.82) is 0 Å². The minimum absolute atomic E-state index is 0.118. The molecule has 0 saturated carbocycles. The van der Waals surface area contributed by atoms with Crippen molar-refractivity contribution >= 4 is 5.91 Å². The van der Waals surface area contributed by atoms with Crippen LogP contribution in [0.4, 0.5) is 4.39 Å². The van der Waals surface area contributed by atoms with Gasteiger partial charge in [0, 0.05) is 12.6 Å². The van der Waals surface area contributed by atoms with Gasteiger partial charge in [0.2, 0.25) is 0 Å². The Morgan fingerprint density at radius 1 is 1.21 bits per heavy atom. The lowest BCUT2D eigenvalue weighted by atomic mass is 10.1. The van der Waals surface area contributed by atoms with Gasteiger partial charge in [0.15, 0.2) is 0 Å². The van der Waals surface area contributed by atoms with E-state index in [4.69, 9.17) is 0 Å². The van der Waals surface area contributed by atoms with Gasteiger partial charge in [-0.3, -0.25) is 4.79 Å². The predicted molar refractivity (Wildman–Crippen MR) is 73.8 cm³/mol. The van der Waals surface area contributed by atoms with E-state index in [2.05, 4.69) is 12.2 Å². The number of unbranched alkanes of at least 4 members (excludes halogenated alkanes) is 5. The minimum Gasteiger partial charge on any atom is -0.507 e. The second kappa shape index (κ2) is 8.51. The van der Waals surface area contributed by atoms with Gasteiger partial charge in [-0.25, -0.2) is 4.39 Å². The molecule has 1 rings (SSSR count). The van der Waals surface area contributed by atoms with Gasteiger partial charge in [-0.15, -0.1) is 0 Å². The van der Waals surface area contributed by atoms with Crippen LogP contribution in [0.3, 0.4) is 0 Å². The zero-order chi connectivity index (χ0) is 14.1. The Balaban J connectivity index is 2.24. The first kappa shape index (κ1) is 15.5. The molecule has 4 heteroatoms. The van der Waals surface area contributed by atoms with E-state index in [1.54, 1.807) is 0 Å². The maximum absolute atomic E-state index is 12.8. The number of phenolic OH excluding ortho intramolecular Hbond substituents is 1. The number of nitrogens with one attached hydrogen (secondary N) is 1. The number of phenols is 1. The van der Waals surface area contributed by atoms with Crippen molar-refractivity contribution in [3.63, 3.8) is 0 Å². The number of aromatic hydroxyl groups is 1. The molecule has 2 N–H and O–H groups in total. The van der Waals surface area contributed by atoms with Gasteiger partial charge in [-0.2, -0.15) is 0 Å². The summed E-state index contributed by atoms with van der Waals surface area (Å²) in [5.74, 6) is -1.23. The average molecular weight is 267 g/mol. The molecule has 0 radical (unpaired) electrons. The van der Waals surface area contributed by atoms with Crippen LogP contribution in [0.25, 0.3) is 0 Å². The molecule has 0 saturated heterocycles. The second-order valence-corrected chi connectivity index (χ2v) is 4.69. The lowest BCUT2D eigenvalue weighted by Gasteiger charge is -2.06. The summed E-state index contributed by atoms with van der Waals surface area (Å²) >= 11 is 0. The first-order valence-corrected chi connectivity index (χ1v) is 6.92. The van der Waals surface area contributed by atoms with Crippen molar-refractivity contribution in [3.05, 3.63) is 29.6 Å². The molecular formula is C15H22FNO2. The predicted octanol–water partition coefficient (Wildman–Crippen LogP) is 3.62. The molecule has 1 aromatic rings. The van der Waals surface area contributed by atoms with Crippen molar-refractivity contribution in [2.75, 3.05) is 6.54 Å². The Labute approximate surface area is 113 Å². The molecule has 0 aromatic heterocycles.